The van der Waals surface area contributed by atoms with Crippen LogP contribution in [0.15, 0.2) is 47.0 Å². The van der Waals surface area contributed by atoms with Crippen molar-refractivity contribution in [3.63, 3.8) is 0 Å². The molecule has 0 aliphatic carbocycles. The predicted molar refractivity (Wildman–Crippen MR) is 88.7 cm³/mol. The molecule has 0 unspecified atom stereocenters. The quantitative estimate of drug-likeness (QED) is 0.399. The maximum Gasteiger partial charge on any atom is 0.305 e. The summed E-state index contributed by atoms with van der Waals surface area (Å²) in [6.07, 6.45) is 2.37. The second-order valence-corrected chi connectivity index (χ2v) is 5.94. The van der Waals surface area contributed by atoms with Gasteiger partial charge in [-0.05, 0) is 31.7 Å². The minimum Gasteiger partial charge on any atom is -0.302 e. The molecule has 0 atom stereocenters. The van der Waals surface area contributed by atoms with Crippen LogP contribution in [0.5, 0.6) is 0 Å². The summed E-state index contributed by atoms with van der Waals surface area (Å²) in [7, 11) is 0. The van der Waals surface area contributed by atoms with E-state index in [0.717, 1.165) is 17.0 Å². The molecule has 24 heavy (non-hydrogen) atoms. The Labute approximate surface area is 142 Å². The Bertz CT molecular complexity index is 878. The maximum absolute atomic E-state index is 10.7. The molecule has 1 aromatic carbocycles. The van der Waals surface area contributed by atoms with E-state index in [4.69, 9.17) is 0 Å². The van der Waals surface area contributed by atoms with Crippen LogP contribution in [0, 0.1) is 17.0 Å². The summed E-state index contributed by atoms with van der Waals surface area (Å²) >= 11 is 1.22. The van der Waals surface area contributed by atoms with Gasteiger partial charge in [0.2, 0.25) is 0 Å². The zero-order valence-corrected chi connectivity index (χ0v) is 13.9. The molecule has 0 amide bonds. The molecule has 0 saturated heterocycles. The van der Waals surface area contributed by atoms with Crippen molar-refractivity contribution in [1.82, 2.24) is 24.7 Å². The van der Waals surface area contributed by atoms with Gasteiger partial charge in [-0.25, -0.2) is 9.97 Å². The molecule has 3 rings (SSSR count). The molecule has 0 saturated carbocycles. The SMILES string of the molecule is CCn1c(Sc2ncc([N+](=O)[O-])cn2)nnc1-c1cccc(C)c1. The summed E-state index contributed by atoms with van der Waals surface area (Å²) in [5.74, 6) is 0.769. The first-order chi connectivity index (χ1) is 11.6. The largest absolute Gasteiger partial charge is 0.305 e. The summed E-state index contributed by atoms with van der Waals surface area (Å²) in [4.78, 5) is 18.1. The van der Waals surface area contributed by atoms with Crippen molar-refractivity contribution >= 4 is 17.4 Å². The Morgan fingerprint density at radius 3 is 2.62 bits per heavy atom. The number of hydrogen-bond acceptors (Lipinski definition) is 7. The van der Waals surface area contributed by atoms with E-state index < -0.39 is 4.92 Å². The van der Waals surface area contributed by atoms with Crippen LogP contribution in [0.1, 0.15) is 12.5 Å². The predicted octanol–water partition coefficient (Wildman–Crippen LogP) is 3.12. The number of benzene rings is 1. The van der Waals surface area contributed by atoms with Gasteiger partial charge < -0.3 is 4.57 Å². The number of nitro groups is 1. The molecule has 9 heteroatoms. The van der Waals surface area contributed by atoms with E-state index in [1.165, 1.54) is 24.2 Å². The van der Waals surface area contributed by atoms with E-state index in [1.54, 1.807) is 0 Å². The van der Waals surface area contributed by atoms with E-state index in [-0.39, 0.29) is 5.69 Å². The molecule has 2 aromatic heterocycles. The van der Waals surface area contributed by atoms with Crippen molar-refractivity contribution in [3.05, 3.63) is 52.3 Å². The molecule has 2 heterocycles. The average molecular weight is 342 g/mol. The monoisotopic (exact) mass is 342 g/mol. The van der Waals surface area contributed by atoms with E-state index in [1.807, 2.05) is 42.7 Å². The lowest BCUT2D eigenvalue weighted by molar-refractivity contribution is -0.385. The molecule has 0 aliphatic heterocycles. The lowest BCUT2D eigenvalue weighted by Crippen LogP contribution is -2.00. The van der Waals surface area contributed by atoms with Gasteiger partial charge in [-0.1, -0.05) is 23.8 Å². The van der Waals surface area contributed by atoms with Crippen LogP contribution in [0.3, 0.4) is 0 Å². The molecule has 8 nitrogen and oxygen atoms in total. The zero-order valence-electron chi connectivity index (χ0n) is 13.1. The Kier molecular flexibility index (Phi) is 4.52. The number of aryl methyl sites for hydroxylation is 1. The first kappa shape index (κ1) is 16.1. The highest BCUT2D eigenvalue weighted by Gasteiger charge is 2.16. The van der Waals surface area contributed by atoms with Gasteiger partial charge in [-0.2, -0.15) is 0 Å². The minimum atomic E-state index is -0.529. The second-order valence-electron chi connectivity index (χ2n) is 5.00. The van der Waals surface area contributed by atoms with Gasteiger partial charge in [0.25, 0.3) is 0 Å². The highest BCUT2D eigenvalue weighted by molar-refractivity contribution is 7.99. The standard InChI is InChI=1S/C15H14N6O2S/c1-3-20-13(11-6-4-5-10(2)7-11)18-19-15(20)24-14-16-8-12(9-17-14)21(22)23/h4-9H,3H2,1-2H3. The average Bonchev–Trinajstić information content (AvgIpc) is 2.98. The van der Waals surface area contributed by atoms with Crippen molar-refractivity contribution in [2.75, 3.05) is 0 Å². The molecule has 0 aliphatic rings. The van der Waals surface area contributed by atoms with E-state index in [9.17, 15) is 10.1 Å². The number of aromatic nitrogens is 5. The van der Waals surface area contributed by atoms with Crippen LogP contribution in [0.25, 0.3) is 11.4 Å². The van der Waals surface area contributed by atoms with Gasteiger partial charge in [-0.15, -0.1) is 10.2 Å². The maximum atomic E-state index is 10.7. The van der Waals surface area contributed by atoms with Gasteiger partial charge in [-0.3, -0.25) is 10.1 Å². The topological polar surface area (TPSA) is 99.6 Å². The van der Waals surface area contributed by atoms with Gasteiger partial charge in [0, 0.05) is 12.1 Å². The van der Waals surface area contributed by atoms with Crippen molar-refractivity contribution in [1.29, 1.82) is 0 Å². The minimum absolute atomic E-state index is 0.142. The molecule has 122 valence electrons. The highest BCUT2D eigenvalue weighted by Crippen LogP contribution is 2.28. The van der Waals surface area contributed by atoms with Crippen molar-refractivity contribution in [3.8, 4) is 11.4 Å². The first-order valence-electron chi connectivity index (χ1n) is 7.23. The summed E-state index contributed by atoms with van der Waals surface area (Å²) in [6, 6.07) is 8.04. The van der Waals surface area contributed by atoms with Crippen molar-refractivity contribution in [2.45, 2.75) is 30.7 Å². The summed E-state index contributed by atoms with van der Waals surface area (Å²) in [6.45, 7) is 4.71. The van der Waals surface area contributed by atoms with Crippen LogP contribution < -0.4 is 0 Å². The second kappa shape index (κ2) is 6.75. The van der Waals surface area contributed by atoms with Crippen LogP contribution in [0.4, 0.5) is 5.69 Å². The number of hydrogen-bond donors (Lipinski definition) is 0. The third-order valence-corrected chi connectivity index (χ3v) is 4.20. The molecule has 0 N–H and O–H groups in total. The van der Waals surface area contributed by atoms with Gasteiger partial charge >= 0.3 is 5.69 Å². The van der Waals surface area contributed by atoms with Crippen molar-refractivity contribution < 1.29 is 4.92 Å². The smallest absolute Gasteiger partial charge is 0.302 e. The fourth-order valence-electron chi connectivity index (χ4n) is 2.18. The molecular weight excluding hydrogens is 328 g/mol. The zero-order chi connectivity index (χ0) is 17.1. The molecule has 0 fully saturated rings. The molecule has 0 radical (unpaired) electrons. The normalized spacial score (nSPS) is 10.8. The van der Waals surface area contributed by atoms with E-state index in [2.05, 4.69) is 20.2 Å². The highest BCUT2D eigenvalue weighted by atomic mass is 32.2. The van der Waals surface area contributed by atoms with Gasteiger partial charge in [0.05, 0.1) is 4.92 Å². The Morgan fingerprint density at radius 1 is 1.25 bits per heavy atom. The van der Waals surface area contributed by atoms with Crippen LogP contribution >= 0.6 is 11.8 Å². The fourth-order valence-corrected chi connectivity index (χ4v) is 2.97. The Morgan fingerprint density at radius 2 is 2.00 bits per heavy atom. The third kappa shape index (κ3) is 3.25. The Balaban J connectivity index is 1.90. The number of nitrogens with zero attached hydrogens (tertiary/aromatic N) is 6. The van der Waals surface area contributed by atoms with Crippen LogP contribution in [-0.4, -0.2) is 29.7 Å². The summed E-state index contributed by atoms with van der Waals surface area (Å²) in [5.41, 5.74) is 1.99. The van der Waals surface area contributed by atoms with Gasteiger partial charge in [0.15, 0.2) is 16.1 Å². The first-order valence-corrected chi connectivity index (χ1v) is 8.04. The lowest BCUT2D eigenvalue weighted by Gasteiger charge is -2.07. The van der Waals surface area contributed by atoms with Crippen LogP contribution in [0.2, 0.25) is 0 Å². The van der Waals surface area contributed by atoms with Crippen molar-refractivity contribution in [2.24, 2.45) is 0 Å². The van der Waals surface area contributed by atoms with Gasteiger partial charge in [0.1, 0.15) is 12.4 Å². The fraction of sp³-hybridized carbons (Fsp3) is 0.200. The van der Waals surface area contributed by atoms with Crippen LogP contribution in [-0.2, 0) is 6.54 Å². The van der Waals surface area contributed by atoms with E-state index in [0.29, 0.717) is 16.9 Å². The lowest BCUT2D eigenvalue weighted by atomic mass is 10.1. The van der Waals surface area contributed by atoms with E-state index >= 15 is 0 Å². The molecule has 0 bridgehead atoms. The third-order valence-electron chi connectivity index (χ3n) is 3.32. The number of rotatable bonds is 5. The summed E-state index contributed by atoms with van der Waals surface area (Å²) < 4.78 is 1.96. The molecule has 3 aromatic rings. The Hall–Kier alpha value is -2.81. The molecular formula is C15H14N6O2S. The summed E-state index contributed by atoms with van der Waals surface area (Å²) in [5, 5.41) is 20.2. The molecule has 0 spiro atoms.